The van der Waals surface area contributed by atoms with E-state index in [4.69, 9.17) is 10.5 Å². The highest BCUT2D eigenvalue weighted by Crippen LogP contribution is 2.17. The second-order valence-electron chi connectivity index (χ2n) is 3.49. The van der Waals surface area contributed by atoms with Crippen molar-refractivity contribution in [2.45, 2.75) is 12.7 Å². The summed E-state index contributed by atoms with van der Waals surface area (Å²) in [6.07, 6.45) is -4.43. The molecule has 0 heterocycles. The minimum absolute atomic E-state index is 0.223. The van der Waals surface area contributed by atoms with Crippen LogP contribution in [0.4, 0.5) is 13.2 Å². The summed E-state index contributed by atoms with van der Waals surface area (Å²) in [5.74, 6) is -0.443. The average molecular weight is 262 g/mol. The van der Waals surface area contributed by atoms with Gasteiger partial charge in [-0.3, -0.25) is 4.79 Å². The Bertz CT molecular complexity index is 408. The van der Waals surface area contributed by atoms with Gasteiger partial charge in [-0.2, -0.15) is 13.2 Å². The Morgan fingerprint density at radius 2 is 2.00 bits per heavy atom. The monoisotopic (exact) mass is 262 g/mol. The molecule has 0 radical (unpaired) electrons. The number of para-hydroxylation sites is 1. The molecule has 18 heavy (non-hydrogen) atoms. The lowest BCUT2D eigenvalue weighted by molar-refractivity contribution is -0.139. The largest absolute Gasteiger partial charge is 0.483 e. The van der Waals surface area contributed by atoms with Crippen molar-refractivity contribution in [1.82, 2.24) is 5.32 Å². The Labute approximate surface area is 102 Å². The molecule has 3 N–H and O–H groups in total. The van der Waals surface area contributed by atoms with Crippen LogP contribution in [0.5, 0.6) is 5.75 Å². The third-order valence-electron chi connectivity index (χ3n) is 2.04. The van der Waals surface area contributed by atoms with Crippen molar-refractivity contribution in [1.29, 1.82) is 0 Å². The first-order valence-corrected chi connectivity index (χ1v) is 5.16. The molecule has 1 aromatic rings. The van der Waals surface area contributed by atoms with Crippen LogP contribution in [0.15, 0.2) is 24.3 Å². The maximum absolute atomic E-state index is 11.8. The quantitative estimate of drug-likeness (QED) is 0.838. The molecule has 1 amide bonds. The molecular weight excluding hydrogens is 249 g/mol. The zero-order valence-corrected chi connectivity index (χ0v) is 9.46. The number of hydrogen-bond acceptors (Lipinski definition) is 3. The average Bonchev–Trinajstić information content (AvgIpc) is 2.33. The number of hydrogen-bond donors (Lipinski definition) is 2. The van der Waals surface area contributed by atoms with Gasteiger partial charge in [-0.05, 0) is 6.07 Å². The lowest BCUT2D eigenvalue weighted by Gasteiger charge is -2.11. The fraction of sp³-hybridized carbons (Fsp3) is 0.364. The van der Waals surface area contributed by atoms with Gasteiger partial charge in [-0.15, -0.1) is 0 Å². The number of amides is 1. The van der Waals surface area contributed by atoms with Crippen LogP contribution in [0.25, 0.3) is 0 Å². The number of carbonyl (C=O) groups is 1. The maximum atomic E-state index is 11.8. The Hall–Kier alpha value is -1.76. The van der Waals surface area contributed by atoms with Crippen LogP contribution in [0.1, 0.15) is 5.56 Å². The van der Waals surface area contributed by atoms with E-state index in [0.29, 0.717) is 11.3 Å². The van der Waals surface area contributed by atoms with Crippen LogP contribution in [0.2, 0.25) is 0 Å². The Morgan fingerprint density at radius 1 is 1.33 bits per heavy atom. The summed E-state index contributed by atoms with van der Waals surface area (Å²) < 4.78 is 40.6. The third-order valence-corrected chi connectivity index (χ3v) is 2.04. The van der Waals surface area contributed by atoms with Crippen molar-refractivity contribution >= 4 is 5.91 Å². The molecule has 4 nitrogen and oxygen atoms in total. The molecular formula is C11H13F3N2O2. The predicted molar refractivity (Wildman–Crippen MR) is 58.9 cm³/mol. The molecule has 7 heteroatoms. The van der Waals surface area contributed by atoms with Gasteiger partial charge in [-0.25, -0.2) is 0 Å². The highest BCUT2D eigenvalue weighted by molar-refractivity contribution is 5.77. The fourth-order valence-corrected chi connectivity index (χ4v) is 1.21. The van der Waals surface area contributed by atoms with E-state index in [0.717, 1.165) is 0 Å². The van der Waals surface area contributed by atoms with Crippen LogP contribution >= 0.6 is 0 Å². The van der Waals surface area contributed by atoms with Crippen molar-refractivity contribution in [3.63, 3.8) is 0 Å². The number of nitrogens with one attached hydrogen (secondary N) is 1. The molecule has 0 bridgehead atoms. The van der Waals surface area contributed by atoms with Gasteiger partial charge in [-0.1, -0.05) is 18.2 Å². The van der Waals surface area contributed by atoms with Crippen molar-refractivity contribution in [2.24, 2.45) is 5.73 Å². The first kappa shape index (κ1) is 14.3. The minimum Gasteiger partial charge on any atom is -0.483 e. The number of ether oxygens (including phenoxy) is 1. The topological polar surface area (TPSA) is 64.3 Å². The van der Waals surface area contributed by atoms with Gasteiger partial charge in [0.05, 0.1) is 0 Å². The van der Waals surface area contributed by atoms with Crippen LogP contribution in [-0.2, 0) is 11.3 Å². The Morgan fingerprint density at radius 3 is 2.61 bits per heavy atom. The summed E-state index contributed by atoms with van der Waals surface area (Å²) in [7, 11) is 0. The van der Waals surface area contributed by atoms with Crippen LogP contribution in [0.3, 0.4) is 0 Å². The van der Waals surface area contributed by atoms with E-state index < -0.39 is 25.2 Å². The minimum atomic E-state index is -4.43. The van der Waals surface area contributed by atoms with Gasteiger partial charge in [0, 0.05) is 12.1 Å². The SMILES string of the molecule is NCc1ccccc1OCC(=O)NCC(F)(F)F. The highest BCUT2D eigenvalue weighted by atomic mass is 19.4. The first-order valence-electron chi connectivity index (χ1n) is 5.16. The summed E-state index contributed by atoms with van der Waals surface area (Å²) >= 11 is 0. The lowest BCUT2D eigenvalue weighted by atomic mass is 10.2. The van der Waals surface area contributed by atoms with Gasteiger partial charge >= 0.3 is 6.18 Å². The zero-order valence-electron chi connectivity index (χ0n) is 9.46. The molecule has 0 atom stereocenters. The van der Waals surface area contributed by atoms with Crippen LogP contribution < -0.4 is 15.8 Å². The Kier molecular flexibility index (Phi) is 4.96. The molecule has 0 aromatic heterocycles. The van der Waals surface area contributed by atoms with E-state index in [1.807, 2.05) is 0 Å². The highest BCUT2D eigenvalue weighted by Gasteiger charge is 2.27. The molecule has 100 valence electrons. The number of nitrogens with two attached hydrogens (primary N) is 1. The molecule has 1 rings (SSSR count). The molecule has 1 aromatic carbocycles. The Balaban J connectivity index is 2.43. The van der Waals surface area contributed by atoms with Crippen molar-refractivity contribution in [2.75, 3.05) is 13.2 Å². The molecule has 0 aliphatic carbocycles. The molecule has 0 aliphatic rings. The standard InChI is InChI=1S/C11H13F3N2O2/c12-11(13,14)7-16-10(17)6-18-9-4-2-1-3-8(9)5-15/h1-4H,5-7,15H2,(H,16,17). The molecule has 0 aliphatic heterocycles. The summed E-state index contributed by atoms with van der Waals surface area (Å²) in [6, 6.07) is 6.74. The zero-order chi connectivity index (χ0) is 13.6. The summed E-state index contributed by atoms with van der Waals surface area (Å²) in [5.41, 5.74) is 6.13. The molecule has 0 spiro atoms. The lowest BCUT2D eigenvalue weighted by Crippen LogP contribution is -2.36. The number of carbonyl (C=O) groups excluding carboxylic acids is 1. The number of rotatable bonds is 5. The fourth-order valence-electron chi connectivity index (χ4n) is 1.21. The molecule has 0 saturated carbocycles. The summed E-state index contributed by atoms with van der Waals surface area (Å²) in [6.45, 7) is -1.62. The van der Waals surface area contributed by atoms with Gasteiger partial charge in [0.1, 0.15) is 12.3 Å². The summed E-state index contributed by atoms with van der Waals surface area (Å²) in [4.78, 5) is 11.1. The van der Waals surface area contributed by atoms with Gasteiger partial charge in [0.15, 0.2) is 6.61 Å². The van der Waals surface area contributed by atoms with E-state index in [-0.39, 0.29) is 6.54 Å². The van der Waals surface area contributed by atoms with E-state index in [1.165, 1.54) is 0 Å². The van der Waals surface area contributed by atoms with Crippen molar-refractivity contribution in [3.8, 4) is 5.75 Å². The number of alkyl halides is 3. The predicted octanol–water partition coefficient (Wildman–Crippen LogP) is 1.20. The molecule has 0 unspecified atom stereocenters. The van der Waals surface area contributed by atoms with E-state index in [1.54, 1.807) is 29.6 Å². The molecule has 0 saturated heterocycles. The van der Waals surface area contributed by atoms with Crippen molar-refractivity contribution in [3.05, 3.63) is 29.8 Å². The third kappa shape index (κ3) is 5.05. The number of benzene rings is 1. The second-order valence-corrected chi connectivity index (χ2v) is 3.49. The van der Waals surface area contributed by atoms with Crippen LogP contribution in [0, 0.1) is 0 Å². The summed E-state index contributed by atoms with van der Waals surface area (Å²) in [5, 5.41) is 1.71. The van der Waals surface area contributed by atoms with E-state index in [2.05, 4.69) is 0 Å². The maximum Gasteiger partial charge on any atom is 0.405 e. The van der Waals surface area contributed by atoms with Gasteiger partial charge in [0.25, 0.3) is 5.91 Å². The first-order chi connectivity index (χ1) is 8.42. The van der Waals surface area contributed by atoms with Gasteiger partial charge in [0.2, 0.25) is 0 Å². The normalized spacial score (nSPS) is 11.1. The van der Waals surface area contributed by atoms with E-state index in [9.17, 15) is 18.0 Å². The van der Waals surface area contributed by atoms with Crippen molar-refractivity contribution < 1.29 is 22.7 Å². The number of halogens is 3. The van der Waals surface area contributed by atoms with Gasteiger partial charge < -0.3 is 15.8 Å². The smallest absolute Gasteiger partial charge is 0.405 e. The van der Waals surface area contributed by atoms with Crippen LogP contribution in [-0.4, -0.2) is 25.2 Å². The molecule has 0 fully saturated rings. The van der Waals surface area contributed by atoms with E-state index >= 15 is 0 Å². The second kappa shape index (κ2) is 6.25.